The van der Waals surface area contributed by atoms with Crippen LogP contribution in [-0.2, 0) is 9.47 Å². The van der Waals surface area contributed by atoms with Crippen molar-refractivity contribution in [3.8, 4) is 0 Å². The minimum Gasteiger partial charge on any atom is -0.386 e. The van der Waals surface area contributed by atoms with E-state index in [1.807, 2.05) is 23.5 Å². The standard InChI is InChI=1S/C19H32O3S2/c1-17(2)8-6-14(7-9-17)15(20)18(3)10-11-19(16(21-4)22-18)23-12-5-13-24-19/h6,15-16,20H,5,7-13H2,1-4H3/t15-,16+,18+/m1/s1. The van der Waals surface area contributed by atoms with Crippen molar-refractivity contribution in [1.29, 1.82) is 0 Å². The van der Waals surface area contributed by atoms with Gasteiger partial charge in [0.25, 0.3) is 0 Å². The maximum atomic E-state index is 11.1. The highest BCUT2D eigenvalue weighted by Crippen LogP contribution is 2.54. The molecule has 3 atom stereocenters. The van der Waals surface area contributed by atoms with Gasteiger partial charge in [-0.05, 0) is 67.9 Å². The lowest BCUT2D eigenvalue weighted by Crippen LogP contribution is -2.57. The molecule has 0 aromatic heterocycles. The topological polar surface area (TPSA) is 38.7 Å². The van der Waals surface area contributed by atoms with Gasteiger partial charge < -0.3 is 14.6 Å². The molecule has 3 aliphatic rings. The molecular formula is C19H32O3S2. The van der Waals surface area contributed by atoms with Gasteiger partial charge in [0.15, 0.2) is 6.29 Å². The number of methoxy groups -OCH3 is 1. The van der Waals surface area contributed by atoms with Crippen LogP contribution < -0.4 is 0 Å². The summed E-state index contributed by atoms with van der Waals surface area (Å²) in [5, 5.41) is 11.1. The average molecular weight is 373 g/mol. The first-order chi connectivity index (χ1) is 11.3. The number of allylic oxidation sites excluding steroid dienone is 1. The molecule has 0 amide bonds. The van der Waals surface area contributed by atoms with Crippen LogP contribution in [0.2, 0.25) is 0 Å². The summed E-state index contributed by atoms with van der Waals surface area (Å²) < 4.78 is 12.2. The third kappa shape index (κ3) is 3.71. The fraction of sp³-hybridized carbons (Fsp3) is 0.895. The zero-order chi connectivity index (χ0) is 17.4. The maximum absolute atomic E-state index is 11.1. The molecule has 2 aliphatic heterocycles. The summed E-state index contributed by atoms with van der Waals surface area (Å²) in [6.07, 6.45) is 7.80. The van der Waals surface area contributed by atoms with Crippen molar-refractivity contribution in [3.63, 3.8) is 0 Å². The second-order valence-corrected chi connectivity index (χ2v) is 11.5. The minimum atomic E-state index is -0.544. The normalized spacial score (nSPS) is 37.0. The van der Waals surface area contributed by atoms with E-state index in [9.17, 15) is 5.11 Å². The van der Waals surface area contributed by atoms with Crippen LogP contribution in [0.25, 0.3) is 0 Å². The number of thioether (sulfide) groups is 2. The Morgan fingerprint density at radius 3 is 2.50 bits per heavy atom. The van der Waals surface area contributed by atoms with Crippen LogP contribution in [0.3, 0.4) is 0 Å². The van der Waals surface area contributed by atoms with Gasteiger partial charge in [-0.15, -0.1) is 23.5 Å². The lowest BCUT2D eigenvalue weighted by molar-refractivity contribution is -0.245. The van der Waals surface area contributed by atoms with Crippen LogP contribution in [0.4, 0.5) is 0 Å². The Morgan fingerprint density at radius 1 is 1.21 bits per heavy atom. The van der Waals surface area contributed by atoms with Gasteiger partial charge in [-0.25, -0.2) is 0 Å². The molecule has 0 unspecified atom stereocenters. The molecule has 138 valence electrons. The first kappa shape index (κ1) is 19.1. The molecule has 1 aliphatic carbocycles. The fourth-order valence-electron chi connectivity index (χ4n) is 3.97. The van der Waals surface area contributed by atoms with Crippen LogP contribution in [0.5, 0.6) is 0 Å². The monoisotopic (exact) mass is 372 g/mol. The molecule has 0 aromatic carbocycles. The van der Waals surface area contributed by atoms with E-state index in [1.165, 1.54) is 17.9 Å². The minimum absolute atomic E-state index is 0.00909. The Kier molecular flexibility index (Phi) is 5.68. The van der Waals surface area contributed by atoms with Gasteiger partial charge in [0.2, 0.25) is 0 Å². The Balaban J connectivity index is 1.73. The lowest BCUT2D eigenvalue weighted by Gasteiger charge is -2.52. The number of hydrogen-bond donors (Lipinski definition) is 1. The van der Waals surface area contributed by atoms with E-state index in [-0.39, 0.29) is 10.4 Å². The van der Waals surface area contributed by atoms with Crippen molar-refractivity contribution in [2.45, 2.75) is 81.4 Å². The zero-order valence-electron chi connectivity index (χ0n) is 15.5. The number of hydrogen-bond acceptors (Lipinski definition) is 5. The summed E-state index contributed by atoms with van der Waals surface area (Å²) in [4.78, 5) is 0. The van der Waals surface area contributed by atoms with E-state index in [4.69, 9.17) is 9.47 Å². The second-order valence-electron chi connectivity index (χ2n) is 8.41. The molecule has 5 heteroatoms. The lowest BCUT2D eigenvalue weighted by atomic mass is 9.74. The van der Waals surface area contributed by atoms with E-state index in [0.29, 0.717) is 5.41 Å². The van der Waals surface area contributed by atoms with E-state index in [1.54, 1.807) is 7.11 Å². The molecule has 1 N–H and O–H groups in total. The fourth-order valence-corrected chi connectivity index (χ4v) is 7.31. The van der Waals surface area contributed by atoms with E-state index < -0.39 is 11.7 Å². The first-order valence-electron chi connectivity index (χ1n) is 9.16. The van der Waals surface area contributed by atoms with Gasteiger partial charge in [-0.1, -0.05) is 19.9 Å². The molecule has 2 saturated heterocycles. The van der Waals surface area contributed by atoms with Crippen LogP contribution in [0.1, 0.15) is 59.3 Å². The van der Waals surface area contributed by atoms with Crippen molar-refractivity contribution in [2.24, 2.45) is 5.41 Å². The summed E-state index contributed by atoms with van der Waals surface area (Å²) >= 11 is 3.97. The molecule has 24 heavy (non-hydrogen) atoms. The second kappa shape index (κ2) is 7.15. The van der Waals surface area contributed by atoms with Gasteiger partial charge in [0.05, 0.1) is 5.60 Å². The number of aliphatic hydroxyl groups is 1. The number of ether oxygens (including phenoxy) is 2. The average Bonchev–Trinajstić information content (AvgIpc) is 2.58. The highest BCUT2D eigenvalue weighted by Gasteiger charge is 2.53. The predicted octanol–water partition coefficient (Wildman–Crippen LogP) is 4.59. The van der Waals surface area contributed by atoms with Crippen LogP contribution in [0.15, 0.2) is 11.6 Å². The molecule has 2 heterocycles. The highest BCUT2D eigenvalue weighted by molar-refractivity contribution is 8.18. The quantitative estimate of drug-likeness (QED) is 0.734. The van der Waals surface area contributed by atoms with Crippen LogP contribution in [0, 0.1) is 5.41 Å². The molecule has 0 aromatic rings. The predicted molar refractivity (Wildman–Crippen MR) is 104 cm³/mol. The Morgan fingerprint density at radius 2 is 1.92 bits per heavy atom. The molecule has 3 nitrogen and oxygen atoms in total. The molecule has 1 spiro atoms. The maximum Gasteiger partial charge on any atom is 0.181 e. The van der Waals surface area contributed by atoms with Crippen molar-refractivity contribution < 1.29 is 14.6 Å². The first-order valence-corrected chi connectivity index (χ1v) is 11.1. The molecule has 2 fully saturated rings. The SMILES string of the molecule is CO[C@H]1O[C@](C)([C@H](O)C2=CCC(C)(C)CC2)CCC12SCCCS2. The Labute approximate surface area is 155 Å². The van der Waals surface area contributed by atoms with Crippen LogP contribution in [-0.4, -0.2) is 45.8 Å². The van der Waals surface area contributed by atoms with Gasteiger partial charge in [0.1, 0.15) is 10.2 Å². The zero-order valence-corrected chi connectivity index (χ0v) is 17.1. The third-order valence-electron chi connectivity index (χ3n) is 5.84. The number of aliphatic hydroxyl groups excluding tert-OH is 1. The molecule has 0 bridgehead atoms. The van der Waals surface area contributed by atoms with Gasteiger partial charge in [-0.3, -0.25) is 0 Å². The smallest absolute Gasteiger partial charge is 0.181 e. The molecule has 0 radical (unpaired) electrons. The van der Waals surface area contributed by atoms with E-state index >= 15 is 0 Å². The number of rotatable bonds is 3. The summed E-state index contributed by atoms with van der Waals surface area (Å²) in [5.74, 6) is 2.35. The van der Waals surface area contributed by atoms with Gasteiger partial charge in [0, 0.05) is 7.11 Å². The summed E-state index contributed by atoms with van der Waals surface area (Å²) in [7, 11) is 1.74. The largest absolute Gasteiger partial charge is 0.386 e. The van der Waals surface area contributed by atoms with Crippen molar-refractivity contribution >= 4 is 23.5 Å². The highest BCUT2D eigenvalue weighted by atomic mass is 32.2. The summed E-state index contributed by atoms with van der Waals surface area (Å²) in [6.45, 7) is 6.66. The third-order valence-corrected chi connectivity index (χ3v) is 9.30. The van der Waals surface area contributed by atoms with Crippen molar-refractivity contribution in [2.75, 3.05) is 18.6 Å². The van der Waals surface area contributed by atoms with Gasteiger partial charge in [-0.2, -0.15) is 0 Å². The summed E-state index contributed by atoms with van der Waals surface area (Å²) in [5.41, 5.74) is 0.968. The molecule has 0 saturated carbocycles. The van der Waals surface area contributed by atoms with Crippen LogP contribution >= 0.6 is 23.5 Å². The van der Waals surface area contributed by atoms with Crippen molar-refractivity contribution in [1.82, 2.24) is 0 Å². The van der Waals surface area contributed by atoms with E-state index in [2.05, 4.69) is 26.8 Å². The van der Waals surface area contributed by atoms with Gasteiger partial charge >= 0.3 is 0 Å². The Hall–Kier alpha value is 0.320. The van der Waals surface area contributed by atoms with E-state index in [0.717, 1.165) is 37.7 Å². The van der Waals surface area contributed by atoms with Crippen molar-refractivity contribution in [3.05, 3.63) is 11.6 Å². The Bertz CT molecular complexity index is 485. The molecular weight excluding hydrogens is 340 g/mol. The molecule has 3 rings (SSSR count). The summed E-state index contributed by atoms with van der Waals surface area (Å²) in [6, 6.07) is 0.